The van der Waals surface area contributed by atoms with E-state index in [1.165, 1.54) is 38.5 Å². The summed E-state index contributed by atoms with van der Waals surface area (Å²) < 4.78 is 0. The molecule has 3 atom stereocenters. The molecule has 0 radical (unpaired) electrons. The number of benzene rings is 1. The van der Waals surface area contributed by atoms with E-state index in [0.717, 1.165) is 43.2 Å². The van der Waals surface area contributed by atoms with Gasteiger partial charge in [0.25, 0.3) is 0 Å². The Morgan fingerprint density at radius 3 is 2.53 bits per heavy atom. The minimum Gasteiger partial charge on any atom is -0.351 e. The first kappa shape index (κ1) is 20.2. The Balaban J connectivity index is 1.17. The minimum atomic E-state index is -0.147. The molecule has 1 aromatic rings. The Labute approximate surface area is 180 Å². The van der Waals surface area contributed by atoms with Gasteiger partial charge in [0.15, 0.2) is 0 Å². The van der Waals surface area contributed by atoms with Crippen LogP contribution in [-0.2, 0) is 16.1 Å². The van der Waals surface area contributed by atoms with Gasteiger partial charge in [0.2, 0.25) is 5.91 Å². The molecule has 5 fully saturated rings. The second-order valence-corrected chi connectivity index (χ2v) is 11.3. The Hall–Kier alpha value is -1.68. The van der Waals surface area contributed by atoms with Gasteiger partial charge in [-0.3, -0.25) is 14.5 Å². The highest BCUT2D eigenvalue weighted by molar-refractivity contribution is 5.85. The molecule has 0 aromatic heterocycles. The molecule has 5 aliphatic rings. The Bertz CT molecular complexity index is 791. The number of amides is 1. The summed E-state index contributed by atoms with van der Waals surface area (Å²) in [6.07, 6.45) is 10.6. The number of Topliss-reactive ketones (excluding diaryl/α,β-unsaturated/α-hetero) is 1. The van der Waals surface area contributed by atoms with E-state index >= 15 is 0 Å². The second-order valence-electron chi connectivity index (χ2n) is 11.3. The number of nitrogens with one attached hydrogen (secondary N) is 1. The zero-order valence-electron chi connectivity index (χ0n) is 18.4. The molecular weight excluding hydrogens is 372 g/mol. The van der Waals surface area contributed by atoms with Crippen LogP contribution in [0.25, 0.3) is 0 Å². The monoisotopic (exact) mass is 408 g/mol. The molecule has 4 aliphatic carbocycles. The fourth-order valence-electron chi connectivity index (χ4n) is 8.05. The first-order valence-corrected chi connectivity index (χ1v) is 12.0. The highest BCUT2D eigenvalue weighted by Gasteiger charge is 2.56. The summed E-state index contributed by atoms with van der Waals surface area (Å²) in [5.74, 6) is 2.15. The Morgan fingerprint density at radius 2 is 1.83 bits per heavy atom. The van der Waals surface area contributed by atoms with Crippen LogP contribution in [-0.4, -0.2) is 35.7 Å². The predicted molar refractivity (Wildman–Crippen MR) is 118 cm³/mol. The summed E-state index contributed by atoms with van der Waals surface area (Å²) in [5, 5.41) is 3.08. The lowest BCUT2D eigenvalue weighted by atomic mass is 9.44. The van der Waals surface area contributed by atoms with Crippen molar-refractivity contribution in [2.24, 2.45) is 22.7 Å². The van der Waals surface area contributed by atoms with Gasteiger partial charge in [0, 0.05) is 13.0 Å². The number of hydrogen-bond acceptors (Lipinski definition) is 3. The van der Waals surface area contributed by atoms with Gasteiger partial charge in [0.1, 0.15) is 5.78 Å². The van der Waals surface area contributed by atoms with E-state index in [2.05, 4.69) is 17.1 Å². The lowest BCUT2D eigenvalue weighted by molar-refractivity contribution is -0.136. The van der Waals surface area contributed by atoms with E-state index in [9.17, 15) is 9.59 Å². The number of likely N-dealkylation sites (tertiary alicyclic amines) is 1. The van der Waals surface area contributed by atoms with Crippen LogP contribution >= 0.6 is 0 Å². The summed E-state index contributed by atoms with van der Waals surface area (Å²) in [6.45, 7) is 4.35. The highest BCUT2D eigenvalue weighted by atomic mass is 16.2. The van der Waals surface area contributed by atoms with Crippen LogP contribution in [0.2, 0.25) is 0 Å². The summed E-state index contributed by atoms with van der Waals surface area (Å²) in [6, 6.07) is 9.89. The van der Waals surface area contributed by atoms with Crippen molar-refractivity contribution in [1.82, 2.24) is 10.2 Å². The van der Waals surface area contributed by atoms with Gasteiger partial charge >= 0.3 is 0 Å². The number of nitrogens with zero attached hydrogens (tertiary/aromatic N) is 1. The SMILES string of the molecule is CC12CC3CC(C1)CC(CC(=O)CN1CCC[C@H]1C(=O)NCc1ccccc1)(C3)C2. The molecule has 2 unspecified atom stereocenters. The topological polar surface area (TPSA) is 49.4 Å². The number of hydrogen-bond donors (Lipinski definition) is 1. The van der Waals surface area contributed by atoms with Gasteiger partial charge in [-0.2, -0.15) is 0 Å². The molecule has 4 heteroatoms. The third kappa shape index (κ3) is 4.08. The van der Waals surface area contributed by atoms with E-state index in [4.69, 9.17) is 0 Å². The molecule has 1 amide bonds. The van der Waals surface area contributed by atoms with Gasteiger partial charge in [-0.05, 0) is 86.1 Å². The maximum absolute atomic E-state index is 13.2. The predicted octanol–water partition coefficient (Wildman–Crippen LogP) is 4.33. The molecule has 1 N–H and O–H groups in total. The van der Waals surface area contributed by atoms with Crippen molar-refractivity contribution in [2.45, 2.75) is 77.3 Å². The van der Waals surface area contributed by atoms with Gasteiger partial charge in [-0.25, -0.2) is 0 Å². The first-order valence-electron chi connectivity index (χ1n) is 12.0. The van der Waals surface area contributed by atoms with E-state index in [-0.39, 0.29) is 17.4 Å². The van der Waals surface area contributed by atoms with Crippen LogP contribution < -0.4 is 5.32 Å². The largest absolute Gasteiger partial charge is 0.351 e. The van der Waals surface area contributed by atoms with Gasteiger partial charge in [0.05, 0.1) is 12.6 Å². The molecule has 1 aromatic carbocycles. The molecule has 1 saturated heterocycles. The molecular formula is C26H36N2O2. The quantitative estimate of drug-likeness (QED) is 0.730. The average molecular weight is 409 g/mol. The maximum atomic E-state index is 13.2. The molecule has 162 valence electrons. The van der Waals surface area contributed by atoms with Crippen LogP contribution in [0.4, 0.5) is 0 Å². The van der Waals surface area contributed by atoms with Crippen LogP contribution in [0.15, 0.2) is 30.3 Å². The van der Waals surface area contributed by atoms with Crippen LogP contribution in [0, 0.1) is 22.7 Å². The van der Waals surface area contributed by atoms with Crippen molar-refractivity contribution in [3.8, 4) is 0 Å². The molecule has 30 heavy (non-hydrogen) atoms. The van der Waals surface area contributed by atoms with E-state index < -0.39 is 0 Å². The normalized spacial score (nSPS) is 37.4. The lowest BCUT2D eigenvalue weighted by Gasteiger charge is -2.61. The maximum Gasteiger partial charge on any atom is 0.237 e. The number of carbonyl (C=O) groups is 2. The standard InChI is InChI=1S/C26H36N2O2/c1-25-11-20-10-21(12-25)14-26(13-20,18-25)15-22(29)17-28-9-5-8-23(28)24(30)27-16-19-6-3-2-4-7-19/h2-4,6-7,20-21,23H,5,8-18H2,1H3,(H,27,30)/t20?,21?,23-,25?,26?/m0/s1. The third-order valence-electron chi connectivity index (χ3n) is 8.40. The fourth-order valence-corrected chi connectivity index (χ4v) is 8.05. The molecule has 4 saturated carbocycles. The minimum absolute atomic E-state index is 0.0754. The van der Waals surface area contributed by atoms with Crippen molar-refractivity contribution in [3.63, 3.8) is 0 Å². The summed E-state index contributed by atoms with van der Waals surface area (Å²) in [5.41, 5.74) is 1.86. The molecule has 1 aliphatic heterocycles. The summed E-state index contributed by atoms with van der Waals surface area (Å²) in [4.78, 5) is 28.1. The number of rotatable bonds is 7. The lowest BCUT2D eigenvalue weighted by Crippen LogP contribution is -2.52. The van der Waals surface area contributed by atoms with Crippen molar-refractivity contribution < 1.29 is 9.59 Å². The Kier molecular flexibility index (Phi) is 5.25. The van der Waals surface area contributed by atoms with Crippen molar-refractivity contribution >= 4 is 11.7 Å². The number of carbonyl (C=O) groups excluding carboxylic acids is 2. The van der Waals surface area contributed by atoms with Crippen molar-refractivity contribution in [3.05, 3.63) is 35.9 Å². The fraction of sp³-hybridized carbons (Fsp3) is 0.692. The molecule has 6 rings (SSSR count). The van der Waals surface area contributed by atoms with Gasteiger partial charge in [-0.1, -0.05) is 37.3 Å². The molecule has 0 spiro atoms. The van der Waals surface area contributed by atoms with E-state index in [1.807, 2.05) is 30.3 Å². The number of ketones is 1. The van der Waals surface area contributed by atoms with Crippen LogP contribution in [0.3, 0.4) is 0 Å². The van der Waals surface area contributed by atoms with E-state index in [0.29, 0.717) is 24.3 Å². The average Bonchev–Trinajstić information content (AvgIpc) is 3.12. The highest BCUT2D eigenvalue weighted by Crippen LogP contribution is 2.66. The zero-order valence-corrected chi connectivity index (χ0v) is 18.4. The van der Waals surface area contributed by atoms with Crippen molar-refractivity contribution in [1.29, 1.82) is 0 Å². The van der Waals surface area contributed by atoms with Crippen LogP contribution in [0.5, 0.6) is 0 Å². The third-order valence-corrected chi connectivity index (χ3v) is 8.40. The summed E-state index contributed by atoms with van der Waals surface area (Å²) in [7, 11) is 0. The summed E-state index contributed by atoms with van der Waals surface area (Å²) >= 11 is 0. The first-order chi connectivity index (χ1) is 14.4. The molecule has 4 nitrogen and oxygen atoms in total. The van der Waals surface area contributed by atoms with Crippen molar-refractivity contribution in [2.75, 3.05) is 13.1 Å². The smallest absolute Gasteiger partial charge is 0.237 e. The molecule has 4 bridgehead atoms. The van der Waals surface area contributed by atoms with Crippen LogP contribution in [0.1, 0.15) is 70.3 Å². The van der Waals surface area contributed by atoms with Gasteiger partial charge < -0.3 is 5.32 Å². The van der Waals surface area contributed by atoms with E-state index in [1.54, 1.807) is 0 Å². The Morgan fingerprint density at radius 1 is 1.10 bits per heavy atom. The molecule has 1 heterocycles. The van der Waals surface area contributed by atoms with Gasteiger partial charge in [-0.15, -0.1) is 0 Å². The second kappa shape index (κ2) is 7.78. The zero-order chi connectivity index (χ0) is 20.8.